The minimum Gasteiger partial charge on any atom is -0.390 e. The first kappa shape index (κ1) is 13.2. The average molecular weight is 289 g/mol. The predicted octanol–water partition coefficient (Wildman–Crippen LogP) is 1.85. The van der Waals surface area contributed by atoms with E-state index in [-0.39, 0.29) is 0 Å². The number of anilines is 2. The molecule has 0 amide bonds. The van der Waals surface area contributed by atoms with E-state index in [1.165, 1.54) is 0 Å². The maximum absolute atomic E-state index is 9.54. The van der Waals surface area contributed by atoms with Crippen molar-refractivity contribution in [1.82, 2.24) is 9.97 Å². The summed E-state index contributed by atoms with van der Waals surface area (Å²) in [6.07, 6.45) is 2.33. The van der Waals surface area contributed by atoms with E-state index in [4.69, 9.17) is 0 Å². The second-order valence-electron chi connectivity index (χ2n) is 4.13. The Bertz CT molecular complexity index is 351. The molecule has 90 valence electrons. The van der Waals surface area contributed by atoms with E-state index in [9.17, 15) is 5.11 Å². The highest BCUT2D eigenvalue weighted by Gasteiger charge is 2.11. The van der Waals surface area contributed by atoms with E-state index in [0.717, 1.165) is 10.3 Å². The summed E-state index contributed by atoms with van der Waals surface area (Å²) in [6.45, 7) is 4.18. The number of hydrogen-bond donors (Lipinski definition) is 3. The normalized spacial score (nSPS) is 11.3. The molecule has 0 aliphatic carbocycles. The first-order chi connectivity index (χ1) is 7.42. The average Bonchev–Trinajstić information content (AvgIpc) is 2.18. The molecule has 0 saturated carbocycles. The molecular weight excluding hydrogens is 272 g/mol. The van der Waals surface area contributed by atoms with Crippen LogP contribution < -0.4 is 10.6 Å². The maximum Gasteiger partial charge on any atom is 0.224 e. The second-order valence-corrected chi connectivity index (χ2v) is 4.98. The van der Waals surface area contributed by atoms with Gasteiger partial charge in [0.1, 0.15) is 5.82 Å². The molecule has 16 heavy (non-hydrogen) atoms. The van der Waals surface area contributed by atoms with Crippen LogP contribution in [0.1, 0.15) is 20.3 Å². The summed E-state index contributed by atoms with van der Waals surface area (Å²) in [7, 11) is 1.80. The highest BCUT2D eigenvalue weighted by Crippen LogP contribution is 2.19. The van der Waals surface area contributed by atoms with E-state index in [0.29, 0.717) is 18.9 Å². The third-order valence-corrected chi connectivity index (χ3v) is 2.58. The molecule has 0 atom stereocenters. The van der Waals surface area contributed by atoms with Crippen LogP contribution in [0, 0.1) is 0 Å². The Morgan fingerprint density at radius 2 is 2.19 bits per heavy atom. The first-order valence-corrected chi connectivity index (χ1v) is 5.88. The lowest BCUT2D eigenvalue weighted by Crippen LogP contribution is -2.23. The molecule has 1 aromatic heterocycles. The van der Waals surface area contributed by atoms with Crippen molar-refractivity contribution in [2.45, 2.75) is 25.9 Å². The minimum atomic E-state index is -0.672. The topological polar surface area (TPSA) is 70.1 Å². The summed E-state index contributed by atoms with van der Waals surface area (Å²) in [6, 6.07) is 0. The van der Waals surface area contributed by atoms with Gasteiger partial charge in [-0.05, 0) is 36.2 Å². The van der Waals surface area contributed by atoms with Crippen LogP contribution in [0.4, 0.5) is 11.8 Å². The molecule has 3 N–H and O–H groups in total. The van der Waals surface area contributed by atoms with Gasteiger partial charge in [-0.2, -0.15) is 4.98 Å². The van der Waals surface area contributed by atoms with Crippen molar-refractivity contribution in [3.8, 4) is 0 Å². The number of aromatic nitrogens is 2. The lowest BCUT2D eigenvalue weighted by atomic mass is 10.1. The zero-order chi connectivity index (χ0) is 12.2. The Morgan fingerprint density at radius 3 is 2.75 bits per heavy atom. The van der Waals surface area contributed by atoms with Gasteiger partial charge < -0.3 is 15.7 Å². The van der Waals surface area contributed by atoms with Crippen molar-refractivity contribution in [2.24, 2.45) is 0 Å². The van der Waals surface area contributed by atoms with Gasteiger partial charge in [-0.3, -0.25) is 0 Å². The lowest BCUT2D eigenvalue weighted by molar-refractivity contribution is 0.0748. The van der Waals surface area contributed by atoms with E-state index in [2.05, 4.69) is 36.5 Å². The zero-order valence-electron chi connectivity index (χ0n) is 9.71. The summed E-state index contributed by atoms with van der Waals surface area (Å²) in [5, 5.41) is 15.6. The minimum absolute atomic E-state index is 0.553. The van der Waals surface area contributed by atoms with Crippen molar-refractivity contribution < 1.29 is 5.11 Å². The Morgan fingerprint density at radius 1 is 1.50 bits per heavy atom. The number of nitrogens with one attached hydrogen (secondary N) is 2. The van der Waals surface area contributed by atoms with E-state index < -0.39 is 5.60 Å². The van der Waals surface area contributed by atoms with Crippen LogP contribution in [-0.2, 0) is 0 Å². The Balaban J connectivity index is 2.55. The van der Waals surface area contributed by atoms with Crippen molar-refractivity contribution in [1.29, 1.82) is 0 Å². The van der Waals surface area contributed by atoms with Gasteiger partial charge in [0.25, 0.3) is 0 Å². The molecule has 1 aromatic rings. The quantitative estimate of drug-likeness (QED) is 0.772. The molecule has 0 fully saturated rings. The number of halogens is 1. The summed E-state index contributed by atoms with van der Waals surface area (Å²) in [5.74, 6) is 1.29. The maximum atomic E-state index is 9.54. The van der Waals surface area contributed by atoms with E-state index >= 15 is 0 Å². The monoisotopic (exact) mass is 288 g/mol. The third kappa shape index (κ3) is 4.32. The highest BCUT2D eigenvalue weighted by molar-refractivity contribution is 9.10. The molecule has 0 radical (unpaired) electrons. The second kappa shape index (κ2) is 5.45. The Hall–Kier alpha value is -0.880. The molecule has 0 spiro atoms. The van der Waals surface area contributed by atoms with Crippen molar-refractivity contribution in [2.75, 3.05) is 24.2 Å². The van der Waals surface area contributed by atoms with Crippen LogP contribution in [0.25, 0.3) is 0 Å². The van der Waals surface area contributed by atoms with E-state index in [1.54, 1.807) is 27.1 Å². The number of aliphatic hydroxyl groups is 1. The number of nitrogens with zero attached hydrogens (tertiary/aromatic N) is 2. The largest absolute Gasteiger partial charge is 0.390 e. The smallest absolute Gasteiger partial charge is 0.224 e. The fourth-order valence-electron chi connectivity index (χ4n) is 1.11. The summed E-state index contributed by atoms with van der Waals surface area (Å²) in [4.78, 5) is 8.36. The molecule has 0 aromatic carbocycles. The Labute approximate surface area is 104 Å². The summed E-state index contributed by atoms with van der Waals surface area (Å²) in [5.41, 5.74) is -0.672. The third-order valence-electron chi connectivity index (χ3n) is 2.00. The van der Waals surface area contributed by atoms with Gasteiger partial charge in [0.05, 0.1) is 10.1 Å². The van der Waals surface area contributed by atoms with Gasteiger partial charge in [0.2, 0.25) is 5.95 Å². The van der Waals surface area contributed by atoms with E-state index in [1.807, 2.05) is 0 Å². The van der Waals surface area contributed by atoms with Crippen molar-refractivity contribution in [3.63, 3.8) is 0 Å². The van der Waals surface area contributed by atoms with Gasteiger partial charge in [-0.1, -0.05) is 0 Å². The first-order valence-electron chi connectivity index (χ1n) is 5.09. The highest BCUT2D eigenvalue weighted by atomic mass is 79.9. The molecule has 1 rings (SSSR count). The van der Waals surface area contributed by atoms with Gasteiger partial charge in [0.15, 0.2) is 0 Å². The molecule has 0 saturated heterocycles. The van der Waals surface area contributed by atoms with Crippen LogP contribution in [0.3, 0.4) is 0 Å². The van der Waals surface area contributed by atoms with Crippen LogP contribution in [0.15, 0.2) is 10.7 Å². The van der Waals surface area contributed by atoms with Crippen LogP contribution in [0.5, 0.6) is 0 Å². The van der Waals surface area contributed by atoms with Crippen molar-refractivity contribution >= 4 is 27.7 Å². The molecule has 6 heteroatoms. The summed E-state index contributed by atoms with van der Waals surface area (Å²) >= 11 is 3.34. The fourth-order valence-corrected chi connectivity index (χ4v) is 1.50. The fraction of sp³-hybridized carbons (Fsp3) is 0.600. The lowest BCUT2D eigenvalue weighted by Gasteiger charge is -2.17. The Kier molecular flexibility index (Phi) is 4.49. The van der Waals surface area contributed by atoms with Crippen molar-refractivity contribution in [3.05, 3.63) is 10.7 Å². The molecule has 0 aliphatic rings. The standard InChI is InChI=1S/C10H17BrN4O/c1-10(2,16)4-5-13-9-14-6-7(11)8(12-3)15-9/h6,16H,4-5H2,1-3H3,(H2,12,13,14,15). The SMILES string of the molecule is CNc1nc(NCCC(C)(C)O)ncc1Br. The van der Waals surface area contributed by atoms with Gasteiger partial charge in [-0.15, -0.1) is 0 Å². The van der Waals surface area contributed by atoms with Crippen LogP contribution in [0.2, 0.25) is 0 Å². The molecule has 0 bridgehead atoms. The molecule has 0 aliphatic heterocycles. The van der Waals surface area contributed by atoms with Crippen LogP contribution in [-0.4, -0.2) is 34.3 Å². The van der Waals surface area contributed by atoms with Gasteiger partial charge >= 0.3 is 0 Å². The number of rotatable bonds is 5. The predicted molar refractivity (Wildman–Crippen MR) is 68.7 cm³/mol. The zero-order valence-corrected chi connectivity index (χ0v) is 11.3. The molecule has 1 heterocycles. The molecule has 0 unspecified atom stereocenters. The number of hydrogen-bond acceptors (Lipinski definition) is 5. The summed E-state index contributed by atoms with van der Waals surface area (Å²) < 4.78 is 0.822. The molecule has 5 nitrogen and oxygen atoms in total. The van der Waals surface area contributed by atoms with Crippen LogP contribution >= 0.6 is 15.9 Å². The van der Waals surface area contributed by atoms with Gasteiger partial charge in [0, 0.05) is 19.8 Å². The molecular formula is C10H17BrN4O. The van der Waals surface area contributed by atoms with Gasteiger partial charge in [-0.25, -0.2) is 4.98 Å².